The molecule has 5 nitrogen and oxygen atoms in total. The molecule has 0 radical (unpaired) electrons. The Balaban J connectivity index is 1.74. The van der Waals surface area contributed by atoms with Crippen molar-refractivity contribution in [3.63, 3.8) is 0 Å². The molecule has 3 N–H and O–H groups in total. The quantitative estimate of drug-likeness (QED) is 0.691. The number of hydrogen-bond acceptors (Lipinski definition) is 3. The Kier molecular flexibility index (Phi) is 7.29. The molecule has 0 aliphatic rings. The second-order valence-corrected chi connectivity index (χ2v) is 6.36. The van der Waals surface area contributed by atoms with Crippen molar-refractivity contribution in [2.75, 3.05) is 27.2 Å². The molecule has 0 aromatic heterocycles. The molecule has 134 valence electrons. The predicted molar refractivity (Wildman–Crippen MR) is 101 cm³/mol. The average molecular weight is 341 g/mol. The smallest absolute Gasteiger partial charge is 0.314 e. The van der Waals surface area contributed by atoms with Crippen molar-refractivity contribution in [3.8, 4) is 5.75 Å². The number of rotatable bonds is 8. The molecule has 1 atom stereocenters. The van der Waals surface area contributed by atoms with Gasteiger partial charge in [-0.25, -0.2) is 4.79 Å². The third kappa shape index (κ3) is 6.85. The van der Waals surface area contributed by atoms with Crippen LogP contribution in [0.15, 0.2) is 54.6 Å². The molecule has 0 heterocycles. The Morgan fingerprint density at radius 3 is 2.32 bits per heavy atom. The van der Waals surface area contributed by atoms with Crippen molar-refractivity contribution >= 4 is 6.03 Å². The number of nitrogens with zero attached hydrogens (tertiary/aromatic N) is 1. The normalized spacial score (nSPS) is 12.0. The van der Waals surface area contributed by atoms with E-state index in [0.29, 0.717) is 13.1 Å². The summed E-state index contributed by atoms with van der Waals surface area (Å²) in [5.41, 5.74) is 2.34. The lowest BCUT2D eigenvalue weighted by Crippen LogP contribution is -2.45. The van der Waals surface area contributed by atoms with Crippen molar-refractivity contribution in [2.45, 2.75) is 18.9 Å². The van der Waals surface area contributed by atoms with E-state index < -0.39 is 0 Å². The summed E-state index contributed by atoms with van der Waals surface area (Å²) in [7, 11) is 4.00. The van der Waals surface area contributed by atoms with Crippen LogP contribution in [0.25, 0.3) is 0 Å². The van der Waals surface area contributed by atoms with Gasteiger partial charge in [-0.3, -0.25) is 0 Å². The maximum Gasteiger partial charge on any atom is 0.314 e. The Morgan fingerprint density at radius 1 is 1.00 bits per heavy atom. The van der Waals surface area contributed by atoms with Gasteiger partial charge in [0.2, 0.25) is 0 Å². The summed E-state index contributed by atoms with van der Waals surface area (Å²) in [6.45, 7) is 1.17. The maximum absolute atomic E-state index is 12.0. The first-order valence-corrected chi connectivity index (χ1v) is 8.54. The molecular weight excluding hydrogens is 314 g/mol. The average Bonchev–Trinajstić information content (AvgIpc) is 2.61. The molecule has 0 aliphatic carbocycles. The summed E-state index contributed by atoms with van der Waals surface area (Å²) in [6.07, 6.45) is 1.62. The van der Waals surface area contributed by atoms with Gasteiger partial charge in [-0.05, 0) is 50.2 Å². The second-order valence-electron chi connectivity index (χ2n) is 6.36. The van der Waals surface area contributed by atoms with Gasteiger partial charge in [0.25, 0.3) is 0 Å². The summed E-state index contributed by atoms with van der Waals surface area (Å²) in [6, 6.07) is 17.3. The number of nitrogens with one attached hydrogen (secondary N) is 2. The zero-order valence-electron chi connectivity index (χ0n) is 14.9. The molecule has 2 rings (SSSR count). The minimum atomic E-state index is -0.145. The van der Waals surface area contributed by atoms with E-state index in [1.54, 1.807) is 12.1 Å². The standard InChI is InChI=1S/C20H27N3O2/c1-23(2)18(14-17-8-10-19(24)11-9-17)15-22-20(25)21-13-12-16-6-4-3-5-7-16/h3-11,18,24H,12-15H2,1-2H3,(H2,21,22,25). The predicted octanol–water partition coefficient (Wildman–Crippen LogP) is 2.41. The number of likely N-dealkylation sites (N-methyl/N-ethyl adjacent to an activating group) is 1. The summed E-state index contributed by atoms with van der Waals surface area (Å²) in [4.78, 5) is 14.1. The summed E-state index contributed by atoms with van der Waals surface area (Å²) in [5, 5.41) is 15.2. The van der Waals surface area contributed by atoms with Gasteiger partial charge >= 0.3 is 6.03 Å². The largest absolute Gasteiger partial charge is 0.508 e. The van der Waals surface area contributed by atoms with E-state index in [9.17, 15) is 9.90 Å². The highest BCUT2D eigenvalue weighted by atomic mass is 16.3. The topological polar surface area (TPSA) is 64.6 Å². The van der Waals surface area contributed by atoms with E-state index in [1.165, 1.54) is 5.56 Å². The van der Waals surface area contributed by atoms with Crippen molar-refractivity contribution < 1.29 is 9.90 Å². The lowest BCUT2D eigenvalue weighted by Gasteiger charge is -2.25. The van der Waals surface area contributed by atoms with Crippen LogP contribution in [0.3, 0.4) is 0 Å². The van der Waals surface area contributed by atoms with Crippen LogP contribution in [0.4, 0.5) is 4.79 Å². The van der Waals surface area contributed by atoms with Gasteiger partial charge in [0.05, 0.1) is 0 Å². The number of carbonyl (C=O) groups is 1. The molecule has 0 saturated heterocycles. The number of benzene rings is 2. The lowest BCUT2D eigenvalue weighted by molar-refractivity contribution is 0.232. The van der Waals surface area contributed by atoms with E-state index in [2.05, 4.69) is 27.7 Å². The van der Waals surface area contributed by atoms with Crippen LogP contribution < -0.4 is 10.6 Å². The number of amides is 2. The summed E-state index contributed by atoms with van der Waals surface area (Å²) in [5.74, 6) is 0.265. The van der Waals surface area contributed by atoms with E-state index in [1.807, 2.05) is 44.4 Å². The number of phenols is 1. The van der Waals surface area contributed by atoms with Crippen molar-refractivity contribution in [2.24, 2.45) is 0 Å². The minimum Gasteiger partial charge on any atom is -0.508 e. The molecule has 1 unspecified atom stereocenters. The van der Waals surface area contributed by atoms with Crippen molar-refractivity contribution in [1.29, 1.82) is 0 Å². The fraction of sp³-hybridized carbons (Fsp3) is 0.350. The molecule has 2 aromatic carbocycles. The Hall–Kier alpha value is -2.53. The third-order valence-electron chi connectivity index (χ3n) is 4.18. The first kappa shape index (κ1) is 18.8. The molecule has 2 aromatic rings. The van der Waals surface area contributed by atoms with Crippen LogP contribution in [0, 0.1) is 0 Å². The van der Waals surface area contributed by atoms with Crippen LogP contribution in [0.5, 0.6) is 5.75 Å². The molecule has 25 heavy (non-hydrogen) atoms. The van der Waals surface area contributed by atoms with Crippen LogP contribution >= 0.6 is 0 Å². The van der Waals surface area contributed by atoms with Gasteiger partial charge in [0.1, 0.15) is 5.75 Å². The molecular formula is C20H27N3O2. The third-order valence-corrected chi connectivity index (χ3v) is 4.18. The van der Waals surface area contributed by atoms with Crippen molar-refractivity contribution in [1.82, 2.24) is 15.5 Å². The SMILES string of the molecule is CN(C)C(CNC(=O)NCCc1ccccc1)Cc1ccc(O)cc1. The molecule has 0 fully saturated rings. The van der Waals surface area contributed by atoms with Crippen LogP contribution in [-0.4, -0.2) is 49.3 Å². The van der Waals surface area contributed by atoms with E-state index in [4.69, 9.17) is 0 Å². The van der Waals surface area contributed by atoms with Gasteiger partial charge in [0, 0.05) is 19.1 Å². The molecule has 2 amide bonds. The highest BCUT2D eigenvalue weighted by Gasteiger charge is 2.13. The van der Waals surface area contributed by atoms with E-state index in [-0.39, 0.29) is 17.8 Å². The highest BCUT2D eigenvalue weighted by molar-refractivity contribution is 5.73. The number of carbonyl (C=O) groups excluding carboxylic acids is 1. The molecule has 0 saturated carbocycles. The summed E-state index contributed by atoms with van der Waals surface area (Å²) >= 11 is 0. The molecule has 0 bridgehead atoms. The first-order valence-electron chi connectivity index (χ1n) is 8.54. The first-order chi connectivity index (χ1) is 12.0. The Bertz CT molecular complexity index is 642. The fourth-order valence-corrected chi connectivity index (χ4v) is 2.58. The molecule has 0 spiro atoms. The number of hydrogen-bond donors (Lipinski definition) is 3. The highest BCUT2D eigenvalue weighted by Crippen LogP contribution is 2.12. The van der Waals surface area contributed by atoms with E-state index >= 15 is 0 Å². The monoisotopic (exact) mass is 341 g/mol. The van der Waals surface area contributed by atoms with Crippen molar-refractivity contribution in [3.05, 3.63) is 65.7 Å². The van der Waals surface area contributed by atoms with Gasteiger partial charge in [-0.1, -0.05) is 42.5 Å². The maximum atomic E-state index is 12.0. The number of phenolic OH excluding ortho intramolecular Hbond substituents is 1. The van der Waals surface area contributed by atoms with Crippen LogP contribution in [0.2, 0.25) is 0 Å². The van der Waals surface area contributed by atoms with Crippen LogP contribution in [-0.2, 0) is 12.8 Å². The van der Waals surface area contributed by atoms with E-state index in [0.717, 1.165) is 18.4 Å². The molecule has 5 heteroatoms. The Morgan fingerprint density at radius 2 is 1.68 bits per heavy atom. The van der Waals surface area contributed by atoms with Gasteiger partial charge in [-0.15, -0.1) is 0 Å². The van der Waals surface area contributed by atoms with Gasteiger partial charge in [0.15, 0.2) is 0 Å². The Labute approximate surface area is 149 Å². The van der Waals surface area contributed by atoms with Crippen LogP contribution in [0.1, 0.15) is 11.1 Å². The van der Waals surface area contributed by atoms with Gasteiger partial charge < -0.3 is 20.6 Å². The van der Waals surface area contributed by atoms with Gasteiger partial charge in [-0.2, -0.15) is 0 Å². The zero-order valence-corrected chi connectivity index (χ0v) is 14.9. The second kappa shape index (κ2) is 9.69. The number of urea groups is 1. The zero-order chi connectivity index (χ0) is 18.1. The minimum absolute atomic E-state index is 0.145. The fourth-order valence-electron chi connectivity index (χ4n) is 2.58. The molecule has 0 aliphatic heterocycles. The number of aromatic hydroxyl groups is 1. The summed E-state index contributed by atoms with van der Waals surface area (Å²) < 4.78 is 0. The lowest BCUT2D eigenvalue weighted by atomic mass is 10.1.